The second-order valence-corrected chi connectivity index (χ2v) is 7.15. The summed E-state index contributed by atoms with van der Waals surface area (Å²) in [5.41, 5.74) is 0.381. The highest BCUT2D eigenvalue weighted by Crippen LogP contribution is 2.34. The van der Waals surface area contributed by atoms with Crippen LogP contribution in [0.25, 0.3) is 33.1 Å². The fourth-order valence-electron chi connectivity index (χ4n) is 3.56. The van der Waals surface area contributed by atoms with Crippen molar-refractivity contribution in [3.05, 3.63) is 68.9 Å². The molecule has 2 aromatic carbocycles. The average molecular weight is 436 g/mol. The molecule has 0 saturated carbocycles. The van der Waals surface area contributed by atoms with Gasteiger partial charge in [-0.25, -0.2) is 14.4 Å². The molecule has 0 saturated heterocycles. The smallest absolute Gasteiger partial charge is 0.346 e. The highest BCUT2D eigenvalue weighted by atomic mass is 16.6. The van der Waals surface area contributed by atoms with Crippen molar-refractivity contribution in [3.63, 3.8) is 0 Å². The van der Waals surface area contributed by atoms with Crippen LogP contribution < -0.4 is 20.7 Å². The van der Waals surface area contributed by atoms with Gasteiger partial charge >= 0.3 is 17.2 Å². The van der Waals surface area contributed by atoms with E-state index in [0.717, 1.165) is 0 Å². The number of esters is 1. The Hall–Kier alpha value is -4.07. The minimum Gasteiger partial charge on any atom is -0.493 e. The summed E-state index contributed by atoms with van der Waals surface area (Å²) in [6.45, 7) is 3.25. The lowest BCUT2D eigenvalue weighted by Crippen LogP contribution is -2.25. The van der Waals surface area contributed by atoms with E-state index < -0.39 is 23.3 Å². The summed E-state index contributed by atoms with van der Waals surface area (Å²) in [6, 6.07) is 11.5. The van der Waals surface area contributed by atoms with Gasteiger partial charge in [0.1, 0.15) is 11.3 Å². The van der Waals surface area contributed by atoms with Crippen LogP contribution >= 0.6 is 0 Å². The molecule has 0 aliphatic heterocycles. The number of ether oxygens (including phenoxy) is 3. The Labute approximate surface area is 181 Å². The maximum atomic E-state index is 12.8. The van der Waals surface area contributed by atoms with E-state index in [1.807, 2.05) is 0 Å². The third-order valence-corrected chi connectivity index (χ3v) is 5.18. The number of methoxy groups -OCH3 is 2. The fourth-order valence-corrected chi connectivity index (χ4v) is 3.56. The van der Waals surface area contributed by atoms with Crippen LogP contribution in [0.1, 0.15) is 12.5 Å². The minimum atomic E-state index is -0.853. The van der Waals surface area contributed by atoms with Crippen molar-refractivity contribution in [2.24, 2.45) is 0 Å². The predicted octanol–water partition coefficient (Wildman–Crippen LogP) is 3.82. The van der Waals surface area contributed by atoms with Crippen molar-refractivity contribution >= 4 is 27.9 Å². The van der Waals surface area contributed by atoms with Crippen LogP contribution in [0.5, 0.6) is 11.5 Å². The minimum absolute atomic E-state index is 0.208. The van der Waals surface area contributed by atoms with Crippen LogP contribution in [-0.4, -0.2) is 26.3 Å². The number of carbonyl (C=O) groups is 1. The number of fused-ring (bicyclic) bond motifs is 2. The lowest BCUT2D eigenvalue weighted by atomic mass is 10.0. The van der Waals surface area contributed by atoms with Gasteiger partial charge in [0.05, 0.1) is 19.8 Å². The first-order valence-corrected chi connectivity index (χ1v) is 9.77. The average Bonchev–Trinajstić information content (AvgIpc) is 2.79. The van der Waals surface area contributed by atoms with Gasteiger partial charge in [-0.05, 0) is 38.1 Å². The molecule has 32 heavy (non-hydrogen) atoms. The molecule has 0 spiro atoms. The van der Waals surface area contributed by atoms with Gasteiger partial charge in [-0.15, -0.1) is 0 Å². The normalized spacial score (nSPS) is 12.0. The largest absolute Gasteiger partial charge is 0.493 e. The zero-order valence-electron chi connectivity index (χ0n) is 17.9. The summed E-state index contributed by atoms with van der Waals surface area (Å²) in [5, 5.41) is 1.17. The third-order valence-electron chi connectivity index (χ3n) is 5.18. The van der Waals surface area contributed by atoms with Crippen LogP contribution in [0.2, 0.25) is 0 Å². The summed E-state index contributed by atoms with van der Waals surface area (Å²) in [7, 11) is 2.76. The Kier molecular flexibility index (Phi) is 5.44. The van der Waals surface area contributed by atoms with Crippen LogP contribution in [0.15, 0.2) is 60.9 Å². The predicted molar refractivity (Wildman–Crippen MR) is 117 cm³/mol. The molecule has 0 fully saturated rings. The van der Waals surface area contributed by atoms with E-state index in [0.29, 0.717) is 39.0 Å². The molecule has 2 heterocycles. The van der Waals surface area contributed by atoms with Crippen molar-refractivity contribution in [3.8, 4) is 22.6 Å². The van der Waals surface area contributed by atoms with E-state index in [4.69, 9.17) is 18.3 Å². The number of hydrogen-bond acceptors (Lipinski definition) is 8. The van der Waals surface area contributed by atoms with Crippen molar-refractivity contribution in [1.82, 2.24) is 0 Å². The monoisotopic (exact) mass is 436 g/mol. The molecule has 4 rings (SSSR count). The Balaban J connectivity index is 1.92. The van der Waals surface area contributed by atoms with E-state index in [-0.39, 0.29) is 11.1 Å². The van der Waals surface area contributed by atoms with Gasteiger partial charge in [0.15, 0.2) is 17.4 Å². The summed E-state index contributed by atoms with van der Waals surface area (Å²) < 4.78 is 26.5. The molecule has 0 aliphatic rings. The molecular formula is C24H20O8. The van der Waals surface area contributed by atoms with Crippen molar-refractivity contribution in [1.29, 1.82) is 0 Å². The molecule has 0 N–H and O–H groups in total. The van der Waals surface area contributed by atoms with Gasteiger partial charge in [-0.3, -0.25) is 0 Å². The second-order valence-electron chi connectivity index (χ2n) is 7.15. The van der Waals surface area contributed by atoms with Crippen LogP contribution in [0.3, 0.4) is 0 Å². The maximum Gasteiger partial charge on any atom is 0.346 e. The SMILES string of the molecule is COC(=O)[C@@H](C)Oc1ccc2c(-c3cc4cccc(OC)c4oc3=O)cc(=O)oc2c1C. The number of aryl methyl sites for hydroxylation is 1. The summed E-state index contributed by atoms with van der Waals surface area (Å²) in [6.07, 6.45) is -0.853. The molecule has 8 nitrogen and oxygen atoms in total. The molecule has 0 bridgehead atoms. The molecular weight excluding hydrogens is 416 g/mol. The van der Waals surface area contributed by atoms with E-state index in [1.165, 1.54) is 20.3 Å². The van der Waals surface area contributed by atoms with E-state index in [1.54, 1.807) is 50.2 Å². The number of hydrogen-bond donors (Lipinski definition) is 0. The Morgan fingerprint density at radius 1 is 0.938 bits per heavy atom. The summed E-state index contributed by atoms with van der Waals surface area (Å²) in [5.74, 6) is 0.246. The first kappa shape index (κ1) is 21.2. The number of benzene rings is 2. The van der Waals surface area contributed by atoms with Gasteiger partial charge in [0.25, 0.3) is 0 Å². The molecule has 8 heteroatoms. The molecule has 0 amide bonds. The van der Waals surface area contributed by atoms with Crippen LogP contribution in [-0.2, 0) is 9.53 Å². The standard InChI is InChI=1S/C24H20O8/c1-12-18(30-13(2)23(26)29-4)9-8-15-16(11-20(25)31-21(12)15)17-10-14-6-5-7-19(28-3)22(14)32-24(17)27/h5-11,13H,1-4H3/t13-/m1/s1. The third kappa shape index (κ3) is 3.60. The Morgan fingerprint density at radius 3 is 2.44 bits per heavy atom. The molecule has 0 aliphatic carbocycles. The highest BCUT2D eigenvalue weighted by molar-refractivity contribution is 5.97. The van der Waals surface area contributed by atoms with Gasteiger partial charge < -0.3 is 23.0 Å². The van der Waals surface area contributed by atoms with Gasteiger partial charge in [-0.1, -0.05) is 12.1 Å². The van der Waals surface area contributed by atoms with E-state index in [2.05, 4.69) is 4.74 Å². The lowest BCUT2D eigenvalue weighted by molar-refractivity contribution is -0.147. The topological polar surface area (TPSA) is 105 Å². The van der Waals surface area contributed by atoms with Crippen molar-refractivity contribution in [2.75, 3.05) is 14.2 Å². The van der Waals surface area contributed by atoms with Crippen LogP contribution in [0, 0.1) is 6.92 Å². The summed E-state index contributed by atoms with van der Waals surface area (Å²) >= 11 is 0. The summed E-state index contributed by atoms with van der Waals surface area (Å²) in [4.78, 5) is 36.9. The quantitative estimate of drug-likeness (QED) is 0.343. The van der Waals surface area contributed by atoms with Crippen molar-refractivity contribution in [2.45, 2.75) is 20.0 Å². The molecule has 2 aromatic heterocycles. The van der Waals surface area contributed by atoms with Crippen molar-refractivity contribution < 1.29 is 27.8 Å². The van der Waals surface area contributed by atoms with Crippen LogP contribution in [0.4, 0.5) is 0 Å². The molecule has 1 atom stereocenters. The molecule has 0 unspecified atom stereocenters. The van der Waals surface area contributed by atoms with E-state index >= 15 is 0 Å². The Morgan fingerprint density at radius 2 is 1.72 bits per heavy atom. The van der Waals surface area contributed by atoms with E-state index in [9.17, 15) is 14.4 Å². The second kappa shape index (κ2) is 8.22. The Bertz CT molecular complexity index is 1460. The lowest BCUT2D eigenvalue weighted by Gasteiger charge is -2.16. The van der Waals surface area contributed by atoms with Gasteiger partial charge in [0.2, 0.25) is 0 Å². The number of rotatable bonds is 5. The molecule has 164 valence electrons. The first-order valence-electron chi connectivity index (χ1n) is 9.77. The zero-order chi connectivity index (χ0) is 23.0. The zero-order valence-corrected chi connectivity index (χ0v) is 17.9. The maximum absolute atomic E-state index is 12.8. The molecule has 4 aromatic rings. The molecule has 0 radical (unpaired) electrons. The first-order chi connectivity index (χ1) is 15.3. The van der Waals surface area contributed by atoms with Gasteiger partial charge in [-0.2, -0.15) is 0 Å². The highest BCUT2D eigenvalue weighted by Gasteiger charge is 2.20. The van der Waals surface area contributed by atoms with Gasteiger partial charge in [0, 0.05) is 28.0 Å². The number of carbonyl (C=O) groups excluding carboxylic acids is 1. The fraction of sp³-hybridized carbons (Fsp3) is 0.208. The number of para-hydroxylation sites is 1.